The van der Waals surface area contributed by atoms with E-state index in [2.05, 4.69) is 11.9 Å². The van der Waals surface area contributed by atoms with Crippen LogP contribution in [0.4, 0.5) is 0 Å². The molecule has 1 aromatic heterocycles. The molecule has 72 valence electrons. The summed E-state index contributed by atoms with van der Waals surface area (Å²) in [5.74, 6) is 0.560. The Morgan fingerprint density at radius 2 is 2.23 bits per heavy atom. The average molecular weight is 197 g/mol. The van der Waals surface area contributed by atoms with E-state index < -0.39 is 0 Å². The molecule has 1 N–H and O–H groups in total. The molecule has 1 saturated carbocycles. The highest BCUT2D eigenvalue weighted by Crippen LogP contribution is 2.34. The molecule has 0 aliphatic heterocycles. The van der Waals surface area contributed by atoms with E-state index in [0.29, 0.717) is 5.92 Å². The highest BCUT2D eigenvalue weighted by atomic mass is 32.1. The van der Waals surface area contributed by atoms with Gasteiger partial charge in [-0.3, -0.25) is 0 Å². The SMILES string of the molecule is Cc1nc(CC(O)C2CC2)sc1C. The van der Waals surface area contributed by atoms with E-state index in [1.165, 1.54) is 17.7 Å². The van der Waals surface area contributed by atoms with Crippen LogP contribution in [0.5, 0.6) is 0 Å². The highest BCUT2D eigenvalue weighted by molar-refractivity contribution is 7.11. The lowest BCUT2D eigenvalue weighted by Crippen LogP contribution is -2.12. The van der Waals surface area contributed by atoms with Crippen LogP contribution in [0.25, 0.3) is 0 Å². The summed E-state index contributed by atoms with van der Waals surface area (Å²) in [6.45, 7) is 4.11. The predicted molar refractivity (Wildman–Crippen MR) is 54.0 cm³/mol. The maximum atomic E-state index is 9.71. The van der Waals surface area contributed by atoms with Gasteiger partial charge in [-0.05, 0) is 32.6 Å². The van der Waals surface area contributed by atoms with E-state index in [-0.39, 0.29) is 6.10 Å². The number of hydrogen-bond acceptors (Lipinski definition) is 3. The van der Waals surface area contributed by atoms with Gasteiger partial charge < -0.3 is 5.11 Å². The average Bonchev–Trinajstić information content (AvgIpc) is 2.81. The van der Waals surface area contributed by atoms with Crippen molar-refractivity contribution in [2.75, 3.05) is 0 Å². The van der Waals surface area contributed by atoms with E-state index in [0.717, 1.165) is 17.1 Å². The van der Waals surface area contributed by atoms with Gasteiger partial charge in [-0.25, -0.2) is 4.98 Å². The van der Waals surface area contributed by atoms with Crippen LogP contribution in [-0.2, 0) is 6.42 Å². The molecule has 2 nitrogen and oxygen atoms in total. The molecular weight excluding hydrogens is 182 g/mol. The Morgan fingerprint density at radius 3 is 2.69 bits per heavy atom. The van der Waals surface area contributed by atoms with Crippen LogP contribution in [0.3, 0.4) is 0 Å². The smallest absolute Gasteiger partial charge is 0.0956 e. The Balaban J connectivity index is 2.00. The fourth-order valence-electron chi connectivity index (χ4n) is 1.45. The second-order valence-corrected chi connectivity index (χ2v) is 5.15. The van der Waals surface area contributed by atoms with Gasteiger partial charge in [0.25, 0.3) is 0 Å². The molecule has 1 aliphatic carbocycles. The fourth-order valence-corrected chi connectivity index (χ4v) is 2.44. The molecule has 0 amide bonds. The molecule has 1 fully saturated rings. The molecule has 0 saturated heterocycles. The van der Waals surface area contributed by atoms with Gasteiger partial charge in [-0.2, -0.15) is 0 Å². The molecule has 1 aliphatic rings. The lowest BCUT2D eigenvalue weighted by Gasteiger charge is -2.04. The van der Waals surface area contributed by atoms with Gasteiger partial charge in [0.05, 0.1) is 16.8 Å². The number of hydrogen-bond donors (Lipinski definition) is 1. The Labute approximate surface area is 82.6 Å². The highest BCUT2D eigenvalue weighted by Gasteiger charge is 2.30. The van der Waals surface area contributed by atoms with E-state index in [1.54, 1.807) is 11.3 Å². The van der Waals surface area contributed by atoms with E-state index in [9.17, 15) is 5.11 Å². The number of thiazole rings is 1. The normalized spacial score (nSPS) is 19.0. The molecule has 1 atom stereocenters. The third-order valence-electron chi connectivity index (χ3n) is 2.62. The zero-order chi connectivity index (χ0) is 9.42. The van der Waals surface area contributed by atoms with E-state index in [4.69, 9.17) is 0 Å². The van der Waals surface area contributed by atoms with Crippen molar-refractivity contribution in [3.8, 4) is 0 Å². The molecule has 13 heavy (non-hydrogen) atoms. The van der Waals surface area contributed by atoms with Crippen molar-refractivity contribution >= 4 is 11.3 Å². The maximum Gasteiger partial charge on any atom is 0.0956 e. The minimum absolute atomic E-state index is 0.148. The van der Waals surface area contributed by atoms with Gasteiger partial charge in [0.2, 0.25) is 0 Å². The first kappa shape index (κ1) is 9.16. The lowest BCUT2D eigenvalue weighted by atomic mass is 10.2. The molecular formula is C10H15NOS. The van der Waals surface area contributed by atoms with Gasteiger partial charge in [0, 0.05) is 11.3 Å². The number of aryl methyl sites for hydroxylation is 2. The summed E-state index contributed by atoms with van der Waals surface area (Å²) in [6.07, 6.45) is 3.00. The Kier molecular flexibility index (Phi) is 2.39. The molecule has 0 radical (unpaired) electrons. The zero-order valence-corrected chi connectivity index (χ0v) is 8.90. The first-order valence-electron chi connectivity index (χ1n) is 4.78. The quantitative estimate of drug-likeness (QED) is 0.804. The van der Waals surface area contributed by atoms with E-state index >= 15 is 0 Å². The molecule has 1 unspecified atom stereocenters. The predicted octanol–water partition coefficient (Wildman–Crippen LogP) is 2.07. The molecule has 0 aromatic carbocycles. The Bertz CT molecular complexity index is 284. The van der Waals surface area contributed by atoms with Gasteiger partial charge in [-0.15, -0.1) is 11.3 Å². The minimum Gasteiger partial charge on any atom is -0.392 e. The summed E-state index contributed by atoms with van der Waals surface area (Å²) in [5, 5.41) is 10.8. The third kappa shape index (κ3) is 2.09. The van der Waals surface area contributed by atoms with Crippen LogP contribution < -0.4 is 0 Å². The summed E-state index contributed by atoms with van der Waals surface area (Å²) < 4.78 is 0. The maximum absolute atomic E-state index is 9.71. The van der Waals surface area contributed by atoms with Crippen LogP contribution in [0, 0.1) is 19.8 Å². The first-order chi connectivity index (χ1) is 6.16. The Morgan fingerprint density at radius 1 is 1.54 bits per heavy atom. The second kappa shape index (κ2) is 3.39. The van der Waals surface area contributed by atoms with Crippen molar-refractivity contribution in [2.24, 2.45) is 5.92 Å². The molecule has 3 heteroatoms. The summed E-state index contributed by atoms with van der Waals surface area (Å²) in [6, 6.07) is 0. The topological polar surface area (TPSA) is 33.1 Å². The molecule has 1 heterocycles. The minimum atomic E-state index is -0.148. The first-order valence-corrected chi connectivity index (χ1v) is 5.59. The summed E-state index contributed by atoms with van der Waals surface area (Å²) in [4.78, 5) is 5.69. The summed E-state index contributed by atoms with van der Waals surface area (Å²) in [7, 11) is 0. The van der Waals surface area contributed by atoms with Crippen molar-refractivity contribution in [2.45, 2.75) is 39.2 Å². The molecule has 0 bridgehead atoms. The van der Waals surface area contributed by atoms with E-state index in [1.807, 2.05) is 6.92 Å². The van der Waals surface area contributed by atoms with Crippen molar-refractivity contribution in [1.29, 1.82) is 0 Å². The molecule has 1 aromatic rings. The third-order valence-corrected chi connectivity index (χ3v) is 3.72. The molecule has 2 rings (SSSR count). The van der Waals surface area contributed by atoms with Gasteiger partial charge in [-0.1, -0.05) is 0 Å². The van der Waals surface area contributed by atoms with Crippen molar-refractivity contribution in [1.82, 2.24) is 4.98 Å². The monoisotopic (exact) mass is 197 g/mol. The second-order valence-electron chi connectivity index (χ2n) is 3.86. The fraction of sp³-hybridized carbons (Fsp3) is 0.700. The van der Waals surface area contributed by atoms with Gasteiger partial charge in [0.1, 0.15) is 0 Å². The van der Waals surface area contributed by atoms with Crippen LogP contribution in [0.15, 0.2) is 0 Å². The van der Waals surface area contributed by atoms with Crippen LogP contribution in [0.1, 0.15) is 28.4 Å². The number of aliphatic hydroxyl groups is 1. The zero-order valence-electron chi connectivity index (χ0n) is 8.08. The van der Waals surface area contributed by atoms with Crippen LogP contribution in [0.2, 0.25) is 0 Å². The van der Waals surface area contributed by atoms with Gasteiger partial charge in [0.15, 0.2) is 0 Å². The Hall–Kier alpha value is -0.410. The lowest BCUT2D eigenvalue weighted by molar-refractivity contribution is 0.151. The largest absolute Gasteiger partial charge is 0.392 e. The number of aliphatic hydroxyl groups excluding tert-OH is 1. The van der Waals surface area contributed by atoms with Crippen LogP contribution in [-0.4, -0.2) is 16.2 Å². The van der Waals surface area contributed by atoms with Crippen molar-refractivity contribution < 1.29 is 5.11 Å². The standard InChI is InChI=1S/C10H15NOS/c1-6-7(2)13-10(11-6)5-9(12)8-3-4-8/h8-9,12H,3-5H2,1-2H3. The van der Waals surface area contributed by atoms with Crippen molar-refractivity contribution in [3.05, 3.63) is 15.6 Å². The summed E-state index contributed by atoms with van der Waals surface area (Å²) >= 11 is 1.72. The van der Waals surface area contributed by atoms with Gasteiger partial charge >= 0.3 is 0 Å². The number of aromatic nitrogens is 1. The van der Waals surface area contributed by atoms with Crippen molar-refractivity contribution in [3.63, 3.8) is 0 Å². The number of rotatable bonds is 3. The van der Waals surface area contributed by atoms with Crippen LogP contribution >= 0.6 is 11.3 Å². The molecule has 0 spiro atoms. The number of nitrogens with zero attached hydrogens (tertiary/aromatic N) is 1. The summed E-state index contributed by atoms with van der Waals surface area (Å²) in [5.41, 5.74) is 1.11.